The lowest BCUT2D eigenvalue weighted by Crippen LogP contribution is -2.46. The Kier molecular flexibility index (Phi) is 12.6. The van der Waals surface area contributed by atoms with E-state index in [2.05, 4.69) is 38.1 Å². The topological polar surface area (TPSA) is 36.9 Å². The first-order chi connectivity index (χ1) is 13.1. The van der Waals surface area contributed by atoms with Gasteiger partial charge in [0.15, 0.2) is 0 Å². The average molecular weight is 381 g/mol. The van der Waals surface area contributed by atoms with Crippen molar-refractivity contribution in [3.63, 3.8) is 0 Å². The van der Waals surface area contributed by atoms with Crippen LogP contribution in [0, 0.1) is 5.92 Å². The molecule has 1 aromatic carbocycles. The van der Waals surface area contributed by atoms with Crippen molar-refractivity contribution in [3.8, 4) is 0 Å². The van der Waals surface area contributed by atoms with Gasteiger partial charge in [-0.15, -0.1) is 0 Å². The molecular weight excluding hydrogens is 340 g/mol. The van der Waals surface area contributed by atoms with E-state index in [0.29, 0.717) is 19.1 Å². The van der Waals surface area contributed by atoms with Gasteiger partial charge in [0, 0.05) is 27.2 Å². The average Bonchev–Trinajstić information content (AvgIpc) is 2.72. The lowest BCUT2D eigenvalue weighted by atomic mass is 9.98. The monoisotopic (exact) mass is 380 g/mol. The predicted octanol–water partition coefficient (Wildman–Crippen LogP) is 5.77. The summed E-state index contributed by atoms with van der Waals surface area (Å²) in [4.78, 5) is 0. The molecule has 0 saturated carbocycles. The Morgan fingerprint density at radius 3 is 2.00 bits per heavy atom. The minimum absolute atomic E-state index is 0.0339. The van der Waals surface area contributed by atoms with Crippen LogP contribution in [-0.2, 0) is 18.9 Å². The van der Waals surface area contributed by atoms with Crippen molar-refractivity contribution in [1.29, 1.82) is 0 Å². The molecule has 0 N–H and O–H groups in total. The molecule has 0 aliphatic carbocycles. The maximum absolute atomic E-state index is 6.08. The van der Waals surface area contributed by atoms with Gasteiger partial charge in [0.05, 0.1) is 19.1 Å². The molecule has 156 valence electrons. The van der Waals surface area contributed by atoms with E-state index >= 15 is 0 Å². The molecule has 0 aromatic heterocycles. The third kappa shape index (κ3) is 8.30. The van der Waals surface area contributed by atoms with Crippen molar-refractivity contribution in [1.82, 2.24) is 0 Å². The second-order valence-corrected chi connectivity index (χ2v) is 7.32. The molecule has 2 atom stereocenters. The zero-order valence-electron chi connectivity index (χ0n) is 18.0. The fourth-order valence-corrected chi connectivity index (χ4v) is 3.55. The Labute approximate surface area is 166 Å². The van der Waals surface area contributed by atoms with Crippen LogP contribution in [0.25, 0.3) is 0 Å². The van der Waals surface area contributed by atoms with Gasteiger partial charge >= 0.3 is 0 Å². The van der Waals surface area contributed by atoms with Crippen LogP contribution < -0.4 is 0 Å². The smallest absolute Gasteiger partial charge is 0.287 e. The zero-order chi connectivity index (χ0) is 20.0. The fraction of sp³-hybridized carbons (Fsp3) is 0.739. The highest BCUT2D eigenvalue weighted by molar-refractivity contribution is 5.18. The van der Waals surface area contributed by atoms with Crippen LogP contribution in [-0.4, -0.2) is 40.5 Å². The largest absolute Gasteiger partial charge is 0.380 e. The Bertz CT molecular complexity index is 450. The van der Waals surface area contributed by atoms with E-state index in [1.165, 1.54) is 37.7 Å². The van der Waals surface area contributed by atoms with Crippen molar-refractivity contribution in [2.24, 2.45) is 5.92 Å². The predicted molar refractivity (Wildman–Crippen MR) is 111 cm³/mol. The maximum Gasteiger partial charge on any atom is 0.287 e. The van der Waals surface area contributed by atoms with Gasteiger partial charge in [0.1, 0.15) is 0 Å². The van der Waals surface area contributed by atoms with E-state index in [1.54, 1.807) is 21.3 Å². The summed E-state index contributed by atoms with van der Waals surface area (Å²) in [7, 11) is 4.90. The highest BCUT2D eigenvalue weighted by Crippen LogP contribution is 2.29. The van der Waals surface area contributed by atoms with Gasteiger partial charge in [0.2, 0.25) is 0 Å². The van der Waals surface area contributed by atoms with Gasteiger partial charge in [-0.2, -0.15) is 0 Å². The first-order valence-electron chi connectivity index (χ1n) is 10.4. The second kappa shape index (κ2) is 14.1. The lowest BCUT2D eigenvalue weighted by Gasteiger charge is -2.36. The quantitative estimate of drug-likeness (QED) is 0.270. The number of unbranched alkanes of at least 4 members (excludes halogenated alkanes) is 5. The molecule has 4 heteroatoms. The minimum Gasteiger partial charge on any atom is -0.380 e. The molecule has 0 aliphatic heterocycles. The van der Waals surface area contributed by atoms with E-state index in [9.17, 15) is 0 Å². The van der Waals surface area contributed by atoms with Crippen molar-refractivity contribution in [2.75, 3.05) is 34.5 Å². The first kappa shape index (κ1) is 24.1. The molecule has 0 saturated heterocycles. The van der Waals surface area contributed by atoms with Crippen molar-refractivity contribution in [2.45, 2.75) is 70.7 Å². The first-order valence-corrected chi connectivity index (χ1v) is 10.4. The van der Waals surface area contributed by atoms with Gasteiger partial charge in [-0.3, -0.25) is 0 Å². The number of hydrogen-bond donors (Lipinski definition) is 0. The summed E-state index contributed by atoms with van der Waals surface area (Å²) in [6, 6.07) is 10.5. The summed E-state index contributed by atoms with van der Waals surface area (Å²) in [6.07, 6.45) is 8.51. The Morgan fingerprint density at radius 1 is 0.815 bits per heavy atom. The van der Waals surface area contributed by atoms with Crippen LogP contribution >= 0.6 is 0 Å². The van der Waals surface area contributed by atoms with E-state index in [4.69, 9.17) is 18.9 Å². The van der Waals surface area contributed by atoms with E-state index in [0.717, 1.165) is 12.8 Å². The molecule has 0 bridgehead atoms. The van der Waals surface area contributed by atoms with Crippen LogP contribution in [0.2, 0.25) is 0 Å². The number of methoxy groups -OCH3 is 3. The van der Waals surface area contributed by atoms with Crippen LogP contribution in [0.15, 0.2) is 30.3 Å². The Hall–Kier alpha value is -0.940. The van der Waals surface area contributed by atoms with Gasteiger partial charge < -0.3 is 18.9 Å². The van der Waals surface area contributed by atoms with Gasteiger partial charge in [-0.25, -0.2) is 0 Å². The summed E-state index contributed by atoms with van der Waals surface area (Å²) < 4.78 is 22.9. The number of ether oxygens (including phenoxy) is 4. The van der Waals surface area contributed by atoms with Crippen LogP contribution in [0.4, 0.5) is 0 Å². The molecule has 2 unspecified atom stereocenters. The zero-order valence-corrected chi connectivity index (χ0v) is 18.0. The second-order valence-electron chi connectivity index (χ2n) is 7.32. The summed E-state index contributed by atoms with van der Waals surface area (Å²) in [6.45, 7) is 5.66. The van der Waals surface area contributed by atoms with E-state index < -0.39 is 5.97 Å². The Balaban J connectivity index is 2.54. The summed E-state index contributed by atoms with van der Waals surface area (Å²) >= 11 is 0. The molecule has 4 nitrogen and oxygen atoms in total. The summed E-state index contributed by atoms with van der Waals surface area (Å²) in [5, 5.41) is 0. The normalized spacial score (nSPS) is 14.3. The third-order valence-corrected chi connectivity index (χ3v) is 5.32. The van der Waals surface area contributed by atoms with Crippen molar-refractivity contribution >= 4 is 0 Å². The molecule has 0 fully saturated rings. The van der Waals surface area contributed by atoms with E-state index in [-0.39, 0.29) is 5.92 Å². The molecule has 27 heavy (non-hydrogen) atoms. The highest BCUT2D eigenvalue weighted by Gasteiger charge is 2.40. The summed E-state index contributed by atoms with van der Waals surface area (Å²) in [5.41, 5.74) is 1.29. The standard InChI is InChI=1S/C23H40O4/c1-6-7-8-9-10-14-17-22(23(24-3,25-4)26-5)19-27-18-20(2)21-15-12-11-13-16-21/h11-13,15-16,20,22H,6-10,14,17-19H2,1-5H3. The maximum atomic E-state index is 6.08. The third-order valence-electron chi connectivity index (χ3n) is 5.32. The molecule has 0 heterocycles. The van der Waals surface area contributed by atoms with Gasteiger partial charge in [-0.1, -0.05) is 82.7 Å². The van der Waals surface area contributed by atoms with Crippen LogP contribution in [0.5, 0.6) is 0 Å². The molecule has 0 spiro atoms. The highest BCUT2D eigenvalue weighted by atomic mass is 16.9. The van der Waals surface area contributed by atoms with Gasteiger partial charge in [-0.05, 0) is 12.0 Å². The van der Waals surface area contributed by atoms with E-state index in [1.807, 2.05) is 6.07 Å². The van der Waals surface area contributed by atoms with Crippen LogP contribution in [0.1, 0.15) is 70.3 Å². The van der Waals surface area contributed by atoms with Crippen molar-refractivity contribution < 1.29 is 18.9 Å². The van der Waals surface area contributed by atoms with Gasteiger partial charge in [0.25, 0.3) is 5.97 Å². The molecule has 0 aliphatic rings. The molecule has 1 rings (SSSR count). The minimum atomic E-state index is -1.04. The molecule has 0 radical (unpaired) electrons. The lowest BCUT2D eigenvalue weighted by molar-refractivity contribution is -0.383. The number of benzene rings is 1. The fourth-order valence-electron chi connectivity index (χ4n) is 3.55. The number of rotatable bonds is 16. The molecular formula is C23H40O4. The molecule has 0 amide bonds. The van der Waals surface area contributed by atoms with Crippen LogP contribution in [0.3, 0.4) is 0 Å². The van der Waals surface area contributed by atoms with Crippen molar-refractivity contribution in [3.05, 3.63) is 35.9 Å². The Morgan fingerprint density at radius 2 is 1.41 bits per heavy atom. The SMILES string of the molecule is CCCCCCCCC(COCC(C)c1ccccc1)C(OC)(OC)OC. The number of hydrogen-bond acceptors (Lipinski definition) is 4. The summed E-state index contributed by atoms with van der Waals surface area (Å²) in [5.74, 6) is -0.658. The molecule has 1 aromatic rings.